The van der Waals surface area contributed by atoms with E-state index >= 15 is 0 Å². The molecule has 3 fully saturated rings. The van der Waals surface area contributed by atoms with Crippen LogP contribution in [0.1, 0.15) is 50.7 Å². The first-order chi connectivity index (χ1) is 12.5. The van der Waals surface area contributed by atoms with E-state index in [0.717, 1.165) is 32.1 Å². The third-order valence-electron chi connectivity index (χ3n) is 6.14. The molecule has 1 aliphatic carbocycles. The highest BCUT2D eigenvalue weighted by Crippen LogP contribution is 2.40. The zero-order chi connectivity index (χ0) is 18.3. The number of fused-ring (bicyclic) bond motifs is 1. The Labute approximate surface area is 154 Å². The number of hydrogen-bond acceptors (Lipinski definition) is 5. The van der Waals surface area contributed by atoms with Gasteiger partial charge in [0.1, 0.15) is 11.8 Å². The van der Waals surface area contributed by atoms with Crippen molar-refractivity contribution in [1.82, 2.24) is 9.21 Å². The highest BCUT2D eigenvalue weighted by Gasteiger charge is 2.45. The van der Waals surface area contributed by atoms with Crippen molar-refractivity contribution in [2.75, 3.05) is 13.1 Å². The zero-order valence-corrected chi connectivity index (χ0v) is 15.7. The average Bonchev–Trinajstić information content (AvgIpc) is 3.35. The Kier molecular flexibility index (Phi) is 4.83. The average molecular weight is 382 g/mol. The first-order valence-electron chi connectivity index (χ1n) is 9.54. The lowest BCUT2D eigenvalue weighted by molar-refractivity contribution is -0.143. The molecule has 7 nitrogen and oxygen atoms in total. The van der Waals surface area contributed by atoms with Gasteiger partial charge in [0.25, 0.3) is 10.0 Å². The second-order valence-corrected chi connectivity index (χ2v) is 9.57. The summed E-state index contributed by atoms with van der Waals surface area (Å²) in [7, 11) is -3.57. The Hall–Kier alpha value is -1.38. The number of carboxylic acids is 1. The molecule has 2 saturated heterocycles. The number of likely N-dealkylation sites (tertiary alicyclic amines) is 1. The standard InChI is InChI=1S/C18H26N2O5S/c21-18(22)16-11-13-5-1-2-6-15(13)20(16)12-14-7-8-17(25-14)26(23,24)19-9-3-4-10-19/h7-8,13,15-16H,1-6,9-12H2,(H,21,22). The van der Waals surface area contributed by atoms with Crippen LogP contribution in [0.5, 0.6) is 0 Å². The van der Waals surface area contributed by atoms with Gasteiger partial charge in [-0.25, -0.2) is 8.42 Å². The molecule has 0 bridgehead atoms. The summed E-state index contributed by atoms with van der Waals surface area (Å²) in [5, 5.41) is 9.58. The molecule has 1 aromatic rings. The van der Waals surface area contributed by atoms with Crippen LogP contribution in [0, 0.1) is 5.92 Å². The van der Waals surface area contributed by atoms with E-state index in [4.69, 9.17) is 4.42 Å². The first kappa shape index (κ1) is 18.0. The number of nitrogens with zero attached hydrogens (tertiary/aromatic N) is 2. The van der Waals surface area contributed by atoms with Gasteiger partial charge >= 0.3 is 5.97 Å². The quantitative estimate of drug-likeness (QED) is 0.840. The fraction of sp³-hybridized carbons (Fsp3) is 0.722. The van der Waals surface area contributed by atoms with Crippen molar-refractivity contribution in [3.63, 3.8) is 0 Å². The van der Waals surface area contributed by atoms with Crippen LogP contribution in [0.15, 0.2) is 21.6 Å². The normalized spacial score (nSPS) is 30.5. The molecule has 144 valence electrons. The molecule has 4 rings (SSSR count). The van der Waals surface area contributed by atoms with E-state index in [1.165, 1.54) is 16.8 Å². The second kappa shape index (κ2) is 6.98. The monoisotopic (exact) mass is 382 g/mol. The molecule has 0 radical (unpaired) electrons. The lowest BCUT2D eigenvalue weighted by atomic mass is 9.85. The van der Waals surface area contributed by atoms with Gasteiger partial charge in [-0.3, -0.25) is 9.69 Å². The summed E-state index contributed by atoms with van der Waals surface area (Å²) >= 11 is 0. The Morgan fingerprint density at radius 1 is 1.15 bits per heavy atom. The van der Waals surface area contributed by atoms with Crippen LogP contribution < -0.4 is 0 Å². The third-order valence-corrected chi connectivity index (χ3v) is 7.91. The summed E-state index contributed by atoms with van der Waals surface area (Å²) in [5.74, 6) is 0.156. The molecular formula is C18H26N2O5S. The summed E-state index contributed by atoms with van der Waals surface area (Å²) in [4.78, 5) is 13.7. The fourth-order valence-corrected chi connectivity index (χ4v) is 6.29. The number of rotatable bonds is 5. The summed E-state index contributed by atoms with van der Waals surface area (Å²) in [6, 6.07) is 2.94. The molecule has 0 amide bonds. The van der Waals surface area contributed by atoms with Crippen molar-refractivity contribution in [1.29, 1.82) is 0 Å². The van der Waals surface area contributed by atoms with E-state index in [1.807, 2.05) is 4.90 Å². The van der Waals surface area contributed by atoms with Crippen LogP contribution in [-0.2, 0) is 21.4 Å². The minimum Gasteiger partial charge on any atom is -0.480 e. The van der Waals surface area contributed by atoms with Crippen molar-refractivity contribution in [2.45, 2.75) is 68.7 Å². The van der Waals surface area contributed by atoms with Gasteiger partial charge in [0.15, 0.2) is 0 Å². The molecule has 0 spiro atoms. The van der Waals surface area contributed by atoms with Gasteiger partial charge in [-0.15, -0.1) is 0 Å². The fourth-order valence-electron chi connectivity index (χ4n) is 4.84. The van der Waals surface area contributed by atoms with E-state index in [2.05, 4.69) is 0 Å². The number of carbonyl (C=O) groups is 1. The van der Waals surface area contributed by atoms with Gasteiger partial charge in [-0.1, -0.05) is 12.8 Å². The van der Waals surface area contributed by atoms with Gasteiger partial charge in [0.2, 0.25) is 5.09 Å². The van der Waals surface area contributed by atoms with Gasteiger partial charge < -0.3 is 9.52 Å². The topological polar surface area (TPSA) is 91.1 Å². The molecular weight excluding hydrogens is 356 g/mol. The molecule has 3 atom stereocenters. The molecule has 1 N–H and O–H groups in total. The van der Waals surface area contributed by atoms with Crippen LogP contribution in [0.4, 0.5) is 0 Å². The zero-order valence-electron chi connectivity index (χ0n) is 14.8. The maximum Gasteiger partial charge on any atom is 0.320 e. The molecule has 2 aliphatic heterocycles. The maximum absolute atomic E-state index is 12.6. The Bertz CT molecular complexity index is 768. The molecule has 3 heterocycles. The van der Waals surface area contributed by atoms with Crippen LogP contribution in [-0.4, -0.2) is 53.9 Å². The van der Waals surface area contributed by atoms with Crippen molar-refractivity contribution in [3.8, 4) is 0 Å². The summed E-state index contributed by atoms with van der Waals surface area (Å²) in [6.07, 6.45) is 6.82. The van der Waals surface area contributed by atoms with Gasteiger partial charge in [-0.2, -0.15) is 4.31 Å². The van der Waals surface area contributed by atoms with Crippen LogP contribution >= 0.6 is 0 Å². The largest absolute Gasteiger partial charge is 0.480 e. The Morgan fingerprint density at radius 3 is 2.62 bits per heavy atom. The second-order valence-electron chi connectivity index (χ2n) is 7.71. The molecule has 26 heavy (non-hydrogen) atoms. The van der Waals surface area contributed by atoms with Gasteiger partial charge in [0, 0.05) is 19.1 Å². The van der Waals surface area contributed by atoms with Crippen molar-refractivity contribution < 1.29 is 22.7 Å². The highest BCUT2D eigenvalue weighted by molar-refractivity contribution is 7.89. The van der Waals surface area contributed by atoms with E-state index in [0.29, 0.717) is 37.7 Å². The molecule has 1 aromatic heterocycles. The first-order valence-corrected chi connectivity index (χ1v) is 11.0. The SMILES string of the molecule is O=C(O)C1CC2CCCCC2N1Cc1ccc(S(=O)(=O)N2CCCC2)o1. The molecule has 0 aromatic carbocycles. The molecule has 8 heteroatoms. The van der Waals surface area contributed by atoms with Gasteiger partial charge in [0.05, 0.1) is 6.54 Å². The number of carboxylic acid groups (broad SMARTS) is 1. The lowest BCUT2D eigenvalue weighted by Crippen LogP contribution is -2.41. The van der Waals surface area contributed by atoms with E-state index in [9.17, 15) is 18.3 Å². The van der Waals surface area contributed by atoms with Gasteiger partial charge in [-0.05, 0) is 50.2 Å². The van der Waals surface area contributed by atoms with Crippen LogP contribution in [0.2, 0.25) is 0 Å². The van der Waals surface area contributed by atoms with E-state index in [1.54, 1.807) is 6.07 Å². The minimum absolute atomic E-state index is 0.0272. The number of furan rings is 1. The Morgan fingerprint density at radius 2 is 1.88 bits per heavy atom. The van der Waals surface area contributed by atoms with Crippen molar-refractivity contribution >= 4 is 16.0 Å². The maximum atomic E-state index is 12.6. The predicted octanol–water partition coefficient (Wildman–Crippen LogP) is 2.28. The van der Waals surface area contributed by atoms with Crippen molar-refractivity contribution in [3.05, 3.63) is 17.9 Å². The smallest absolute Gasteiger partial charge is 0.320 e. The predicted molar refractivity (Wildman–Crippen MR) is 94.0 cm³/mol. The number of sulfonamides is 1. The molecule has 3 unspecified atom stereocenters. The Balaban J connectivity index is 1.53. The minimum atomic E-state index is -3.57. The summed E-state index contributed by atoms with van der Waals surface area (Å²) in [6.45, 7) is 1.43. The number of hydrogen-bond donors (Lipinski definition) is 1. The van der Waals surface area contributed by atoms with Crippen LogP contribution in [0.3, 0.4) is 0 Å². The molecule has 3 aliphatic rings. The van der Waals surface area contributed by atoms with Crippen LogP contribution in [0.25, 0.3) is 0 Å². The van der Waals surface area contributed by atoms with E-state index < -0.39 is 22.0 Å². The molecule has 1 saturated carbocycles. The highest BCUT2D eigenvalue weighted by atomic mass is 32.2. The summed E-state index contributed by atoms with van der Waals surface area (Å²) < 4.78 is 32.3. The third kappa shape index (κ3) is 3.18. The lowest BCUT2D eigenvalue weighted by Gasteiger charge is -2.32. The number of aliphatic carboxylic acids is 1. The van der Waals surface area contributed by atoms with E-state index in [-0.39, 0.29) is 11.1 Å². The summed E-state index contributed by atoms with van der Waals surface area (Å²) in [5.41, 5.74) is 0. The van der Waals surface area contributed by atoms with Crippen molar-refractivity contribution in [2.24, 2.45) is 5.92 Å².